The van der Waals surface area contributed by atoms with Gasteiger partial charge in [0.25, 0.3) is 0 Å². The molecule has 2 heteroatoms. The maximum Gasteiger partial charge on any atom is 0.145 e. The fourth-order valence-corrected chi connectivity index (χ4v) is 4.71. The molecule has 2 aromatic heterocycles. The summed E-state index contributed by atoms with van der Waals surface area (Å²) in [5.74, 6) is 0.862. The molecule has 32 heavy (non-hydrogen) atoms. The lowest BCUT2D eigenvalue weighted by Gasteiger charge is -2.16. The first-order valence-corrected chi connectivity index (χ1v) is 11.5. The number of nitrogens with zero attached hydrogens (tertiary/aromatic N) is 1. The van der Waals surface area contributed by atoms with Gasteiger partial charge in [0.2, 0.25) is 0 Å². The van der Waals surface area contributed by atoms with E-state index in [4.69, 9.17) is 9.40 Å². The summed E-state index contributed by atoms with van der Waals surface area (Å²) >= 11 is 0. The van der Waals surface area contributed by atoms with Crippen LogP contribution in [-0.2, 0) is 6.42 Å². The van der Waals surface area contributed by atoms with Crippen LogP contribution in [0, 0.1) is 12.8 Å². The Morgan fingerprint density at radius 3 is 2.41 bits per heavy atom. The average Bonchev–Trinajstić information content (AvgIpc) is 3.19. The quantitative estimate of drug-likeness (QED) is 0.286. The summed E-state index contributed by atoms with van der Waals surface area (Å²) in [6.45, 7) is 8.94. The monoisotopic (exact) mass is 419 g/mol. The molecule has 0 bridgehead atoms. The lowest BCUT2D eigenvalue weighted by molar-refractivity contribution is 0.644. The first kappa shape index (κ1) is 20.5. The van der Waals surface area contributed by atoms with Crippen LogP contribution in [0.15, 0.2) is 83.4 Å². The fourth-order valence-electron chi connectivity index (χ4n) is 4.71. The summed E-state index contributed by atoms with van der Waals surface area (Å²) in [5.41, 5.74) is 9.09. The number of furan rings is 1. The van der Waals surface area contributed by atoms with Gasteiger partial charge in [0.05, 0.1) is 5.69 Å². The van der Waals surface area contributed by atoms with Gasteiger partial charge in [-0.25, -0.2) is 0 Å². The summed E-state index contributed by atoms with van der Waals surface area (Å²) in [7, 11) is 0. The van der Waals surface area contributed by atoms with Crippen LogP contribution in [0.25, 0.3) is 33.2 Å². The van der Waals surface area contributed by atoms with E-state index in [0.717, 1.165) is 34.2 Å². The van der Waals surface area contributed by atoms with E-state index in [1.54, 1.807) is 0 Å². The molecule has 5 rings (SSSR count). The maximum absolute atomic E-state index is 6.48. The largest absolute Gasteiger partial charge is 0.455 e. The third-order valence-corrected chi connectivity index (χ3v) is 6.44. The van der Waals surface area contributed by atoms with E-state index in [1.807, 2.05) is 12.3 Å². The van der Waals surface area contributed by atoms with Crippen molar-refractivity contribution in [3.8, 4) is 11.3 Å². The number of para-hydroxylation sites is 1. The van der Waals surface area contributed by atoms with Crippen molar-refractivity contribution in [1.29, 1.82) is 0 Å². The van der Waals surface area contributed by atoms with Crippen LogP contribution in [0.3, 0.4) is 0 Å². The Bertz CT molecular complexity index is 1400. The van der Waals surface area contributed by atoms with E-state index in [9.17, 15) is 0 Å². The summed E-state index contributed by atoms with van der Waals surface area (Å²) in [5, 5.41) is 2.36. The molecule has 0 aliphatic rings. The molecule has 0 fully saturated rings. The molecule has 0 radical (unpaired) electrons. The van der Waals surface area contributed by atoms with E-state index in [-0.39, 0.29) is 5.92 Å². The van der Waals surface area contributed by atoms with Gasteiger partial charge in [0.1, 0.15) is 11.2 Å². The van der Waals surface area contributed by atoms with E-state index in [2.05, 4.69) is 94.4 Å². The van der Waals surface area contributed by atoms with Gasteiger partial charge in [-0.05, 0) is 59.7 Å². The maximum atomic E-state index is 6.48. The molecule has 0 N–H and O–H groups in total. The molecule has 0 aliphatic carbocycles. The number of rotatable bonds is 5. The van der Waals surface area contributed by atoms with Crippen molar-refractivity contribution in [3.05, 3.63) is 101 Å². The number of benzene rings is 3. The van der Waals surface area contributed by atoms with Crippen molar-refractivity contribution in [2.75, 3.05) is 0 Å². The highest BCUT2D eigenvalue weighted by Crippen LogP contribution is 2.41. The molecule has 2 heterocycles. The normalized spacial score (nSPS) is 12.7. The zero-order valence-electron chi connectivity index (χ0n) is 19.2. The molecule has 2 nitrogen and oxygen atoms in total. The van der Waals surface area contributed by atoms with E-state index < -0.39 is 0 Å². The zero-order chi connectivity index (χ0) is 22.2. The predicted molar refractivity (Wildman–Crippen MR) is 134 cm³/mol. The van der Waals surface area contributed by atoms with Gasteiger partial charge in [-0.15, -0.1) is 0 Å². The molecule has 0 aliphatic heterocycles. The zero-order valence-corrected chi connectivity index (χ0v) is 19.2. The van der Waals surface area contributed by atoms with Gasteiger partial charge in [-0.3, -0.25) is 4.98 Å². The predicted octanol–water partition coefficient (Wildman–Crippen LogP) is 8.31. The second-order valence-corrected chi connectivity index (χ2v) is 9.23. The lowest BCUT2D eigenvalue weighted by atomic mass is 9.88. The van der Waals surface area contributed by atoms with Gasteiger partial charge in [0, 0.05) is 28.5 Å². The average molecular weight is 420 g/mol. The van der Waals surface area contributed by atoms with Crippen molar-refractivity contribution < 1.29 is 4.42 Å². The SMILES string of the molecule is Cc1cnc(-c2ccc(C(C)c3ccccc3)c3c2oc2ccccc23)cc1CC(C)C. The summed E-state index contributed by atoms with van der Waals surface area (Å²) in [6.07, 6.45) is 3.05. The molecule has 5 aromatic rings. The fraction of sp³-hybridized carbons (Fsp3) is 0.233. The second kappa shape index (κ2) is 8.27. The first-order valence-electron chi connectivity index (χ1n) is 11.5. The second-order valence-electron chi connectivity index (χ2n) is 9.23. The highest BCUT2D eigenvalue weighted by molar-refractivity contribution is 6.11. The Morgan fingerprint density at radius 1 is 0.875 bits per heavy atom. The minimum Gasteiger partial charge on any atom is -0.455 e. The molecule has 0 saturated heterocycles. The molecule has 0 spiro atoms. The van der Waals surface area contributed by atoms with E-state index in [0.29, 0.717) is 5.92 Å². The van der Waals surface area contributed by atoms with Crippen LogP contribution in [0.5, 0.6) is 0 Å². The minimum atomic E-state index is 0.260. The minimum absolute atomic E-state index is 0.260. The lowest BCUT2D eigenvalue weighted by Crippen LogP contribution is -2.00. The summed E-state index contributed by atoms with van der Waals surface area (Å²) in [4.78, 5) is 4.81. The number of pyridine rings is 1. The smallest absolute Gasteiger partial charge is 0.145 e. The van der Waals surface area contributed by atoms with E-state index >= 15 is 0 Å². The van der Waals surface area contributed by atoms with Gasteiger partial charge >= 0.3 is 0 Å². The number of aromatic nitrogens is 1. The molecule has 1 unspecified atom stereocenters. The Balaban J connectivity index is 1.75. The molecule has 160 valence electrons. The Hall–Kier alpha value is -3.39. The van der Waals surface area contributed by atoms with Gasteiger partial charge in [-0.2, -0.15) is 0 Å². The third-order valence-electron chi connectivity index (χ3n) is 6.44. The highest BCUT2D eigenvalue weighted by Gasteiger charge is 2.20. The van der Waals surface area contributed by atoms with Crippen molar-refractivity contribution >= 4 is 21.9 Å². The number of fused-ring (bicyclic) bond motifs is 3. The standard InChI is InChI=1S/C30H29NO/c1-19(2)16-23-17-27(31-18-20(23)3)25-15-14-24(21(4)22-10-6-5-7-11-22)29-26-12-8-9-13-28(26)32-30(25)29/h5-15,17-19,21H,16H2,1-4H3. The van der Waals surface area contributed by atoms with Crippen molar-refractivity contribution in [1.82, 2.24) is 4.98 Å². The van der Waals surface area contributed by atoms with Crippen molar-refractivity contribution in [2.24, 2.45) is 5.92 Å². The van der Waals surface area contributed by atoms with Crippen LogP contribution in [0.1, 0.15) is 48.9 Å². The molecule has 1 atom stereocenters. The Labute approximate surface area is 189 Å². The van der Waals surface area contributed by atoms with Crippen molar-refractivity contribution in [2.45, 2.75) is 40.0 Å². The molecular weight excluding hydrogens is 390 g/mol. The van der Waals surface area contributed by atoms with Crippen molar-refractivity contribution in [3.63, 3.8) is 0 Å². The van der Waals surface area contributed by atoms with Crippen LogP contribution in [0.4, 0.5) is 0 Å². The molecule has 0 amide bonds. The highest BCUT2D eigenvalue weighted by atomic mass is 16.3. The third kappa shape index (κ3) is 3.60. The topological polar surface area (TPSA) is 26.0 Å². The summed E-state index contributed by atoms with van der Waals surface area (Å²) < 4.78 is 6.48. The van der Waals surface area contributed by atoms with E-state index in [1.165, 1.54) is 27.6 Å². The van der Waals surface area contributed by atoms with Gasteiger partial charge in [-0.1, -0.05) is 75.4 Å². The van der Waals surface area contributed by atoms with Crippen LogP contribution in [0.2, 0.25) is 0 Å². The number of aryl methyl sites for hydroxylation is 1. The van der Waals surface area contributed by atoms with Crippen LogP contribution in [-0.4, -0.2) is 4.98 Å². The molecule has 0 saturated carbocycles. The first-order chi connectivity index (χ1) is 15.5. The Morgan fingerprint density at radius 2 is 1.62 bits per heavy atom. The van der Waals surface area contributed by atoms with Gasteiger partial charge in [0.15, 0.2) is 0 Å². The number of hydrogen-bond acceptors (Lipinski definition) is 2. The van der Waals surface area contributed by atoms with Gasteiger partial charge < -0.3 is 4.42 Å². The molecular formula is C30H29NO. The van der Waals surface area contributed by atoms with Crippen LogP contribution < -0.4 is 0 Å². The Kier molecular flexibility index (Phi) is 5.30. The summed E-state index contributed by atoms with van der Waals surface area (Å²) in [6, 6.07) is 25.7. The van der Waals surface area contributed by atoms with Crippen LogP contribution >= 0.6 is 0 Å². The number of hydrogen-bond donors (Lipinski definition) is 0. The molecule has 3 aromatic carbocycles.